The maximum atomic E-state index is 11.2. The lowest BCUT2D eigenvalue weighted by molar-refractivity contribution is -0.114. The molecule has 1 aromatic carbocycles. The second-order valence-electron chi connectivity index (χ2n) is 4.23. The zero-order valence-corrected chi connectivity index (χ0v) is 8.57. The highest BCUT2D eigenvalue weighted by Gasteiger charge is 2.23. The molecule has 2 nitrogen and oxygen atoms in total. The predicted molar refractivity (Wildman–Crippen MR) is 58.0 cm³/mol. The number of nitrogens with zero attached hydrogens (tertiary/aromatic N) is 1. The summed E-state index contributed by atoms with van der Waals surface area (Å²) in [6.07, 6.45) is 3.43. The topological polar surface area (TPSA) is 20.3 Å². The van der Waals surface area contributed by atoms with Crippen molar-refractivity contribution in [2.45, 2.75) is 25.9 Å². The zero-order chi connectivity index (χ0) is 10.3. The van der Waals surface area contributed by atoms with Gasteiger partial charge in [0.05, 0.1) is 0 Å². The van der Waals surface area contributed by atoms with E-state index in [9.17, 15) is 4.79 Å². The molecule has 1 heterocycles. The van der Waals surface area contributed by atoms with Gasteiger partial charge in [-0.2, -0.15) is 0 Å². The number of benzene rings is 1. The van der Waals surface area contributed by atoms with Crippen molar-refractivity contribution in [3.8, 4) is 0 Å². The first-order chi connectivity index (χ1) is 7.33. The molecule has 2 aliphatic rings. The number of rotatable bonds is 1. The highest BCUT2D eigenvalue weighted by molar-refractivity contribution is 5.92. The van der Waals surface area contributed by atoms with E-state index in [-0.39, 0.29) is 5.78 Å². The average Bonchev–Trinajstić information content (AvgIpc) is 2.82. The van der Waals surface area contributed by atoms with Crippen LogP contribution in [0.3, 0.4) is 0 Å². The number of hydrogen-bond acceptors (Lipinski definition) is 2. The number of allylic oxidation sites excluding steroid dienone is 2. The number of ketones is 1. The lowest BCUT2D eigenvalue weighted by Crippen LogP contribution is -2.14. The van der Waals surface area contributed by atoms with E-state index in [1.807, 2.05) is 6.08 Å². The Kier molecular flexibility index (Phi) is 1.88. The predicted octanol–water partition coefficient (Wildman–Crippen LogP) is 2.25. The summed E-state index contributed by atoms with van der Waals surface area (Å²) in [5.41, 5.74) is 4.02. The minimum absolute atomic E-state index is 0.279. The van der Waals surface area contributed by atoms with Gasteiger partial charge in [0.1, 0.15) is 0 Å². The van der Waals surface area contributed by atoms with Crippen molar-refractivity contribution in [1.29, 1.82) is 0 Å². The Morgan fingerprint density at radius 3 is 2.20 bits per heavy atom. The van der Waals surface area contributed by atoms with E-state index in [0.717, 1.165) is 19.5 Å². The van der Waals surface area contributed by atoms with Crippen LogP contribution in [0.25, 0.3) is 0 Å². The molecule has 1 aliphatic heterocycles. The second-order valence-corrected chi connectivity index (χ2v) is 4.23. The molecule has 0 amide bonds. The number of fused-ring (bicyclic) bond motifs is 1. The molecule has 2 heteroatoms. The molecule has 0 spiro atoms. The zero-order valence-electron chi connectivity index (χ0n) is 8.57. The van der Waals surface area contributed by atoms with E-state index >= 15 is 0 Å². The summed E-state index contributed by atoms with van der Waals surface area (Å²) >= 11 is 0. The summed E-state index contributed by atoms with van der Waals surface area (Å²) in [7, 11) is 0. The van der Waals surface area contributed by atoms with E-state index in [4.69, 9.17) is 0 Å². The van der Waals surface area contributed by atoms with Crippen LogP contribution < -0.4 is 0 Å². The molecule has 0 fully saturated rings. The van der Waals surface area contributed by atoms with Crippen molar-refractivity contribution in [2.24, 2.45) is 0 Å². The molecule has 0 saturated carbocycles. The normalized spacial score (nSPS) is 19.3. The Morgan fingerprint density at radius 1 is 1.00 bits per heavy atom. The molecule has 0 unspecified atom stereocenters. The van der Waals surface area contributed by atoms with Crippen LogP contribution in [-0.2, 0) is 17.9 Å². The molecule has 1 aromatic rings. The highest BCUT2D eigenvalue weighted by Crippen LogP contribution is 2.29. The first kappa shape index (κ1) is 8.72. The summed E-state index contributed by atoms with van der Waals surface area (Å²) in [5, 5.41) is 0. The van der Waals surface area contributed by atoms with Gasteiger partial charge in [-0.05, 0) is 17.5 Å². The van der Waals surface area contributed by atoms with Crippen LogP contribution in [0.15, 0.2) is 36.0 Å². The fourth-order valence-corrected chi connectivity index (χ4v) is 2.37. The Balaban J connectivity index is 1.85. The van der Waals surface area contributed by atoms with Crippen LogP contribution in [0, 0.1) is 0 Å². The molecule has 0 bridgehead atoms. The SMILES string of the molecule is O=C1C=C(N2Cc3ccccc3C2)CC1. The third-order valence-electron chi connectivity index (χ3n) is 3.20. The molecular formula is C13H13NO. The largest absolute Gasteiger partial charge is 0.366 e. The molecule has 1 aliphatic carbocycles. The third-order valence-corrected chi connectivity index (χ3v) is 3.20. The molecule has 0 saturated heterocycles. The van der Waals surface area contributed by atoms with E-state index in [1.54, 1.807) is 0 Å². The number of carbonyl (C=O) groups is 1. The molecule has 76 valence electrons. The van der Waals surface area contributed by atoms with Gasteiger partial charge in [-0.15, -0.1) is 0 Å². The van der Waals surface area contributed by atoms with Crippen molar-refractivity contribution in [1.82, 2.24) is 4.90 Å². The monoisotopic (exact) mass is 199 g/mol. The summed E-state index contributed by atoms with van der Waals surface area (Å²) in [6, 6.07) is 8.51. The molecule has 0 radical (unpaired) electrons. The summed E-state index contributed by atoms with van der Waals surface area (Å²) in [6.45, 7) is 1.94. The number of carbonyl (C=O) groups excluding carboxylic acids is 1. The average molecular weight is 199 g/mol. The maximum Gasteiger partial charge on any atom is 0.157 e. The highest BCUT2D eigenvalue weighted by atomic mass is 16.1. The van der Waals surface area contributed by atoms with Crippen LogP contribution in [0.1, 0.15) is 24.0 Å². The van der Waals surface area contributed by atoms with Crippen molar-refractivity contribution in [3.05, 3.63) is 47.2 Å². The van der Waals surface area contributed by atoms with Gasteiger partial charge in [0.25, 0.3) is 0 Å². The van der Waals surface area contributed by atoms with Gasteiger partial charge in [-0.1, -0.05) is 24.3 Å². The van der Waals surface area contributed by atoms with Crippen molar-refractivity contribution in [3.63, 3.8) is 0 Å². The Hall–Kier alpha value is -1.57. The Bertz CT molecular complexity index is 423. The van der Waals surface area contributed by atoms with Gasteiger partial charge in [0, 0.05) is 31.3 Å². The summed E-state index contributed by atoms with van der Waals surface area (Å²) < 4.78 is 0. The molecule has 0 atom stereocenters. The molecular weight excluding hydrogens is 186 g/mol. The molecule has 0 aromatic heterocycles. The van der Waals surface area contributed by atoms with E-state index in [2.05, 4.69) is 29.2 Å². The van der Waals surface area contributed by atoms with Crippen LogP contribution in [0.4, 0.5) is 0 Å². The van der Waals surface area contributed by atoms with Gasteiger partial charge in [-0.3, -0.25) is 4.79 Å². The molecule has 0 N–H and O–H groups in total. The van der Waals surface area contributed by atoms with Crippen LogP contribution in [-0.4, -0.2) is 10.7 Å². The van der Waals surface area contributed by atoms with Crippen molar-refractivity contribution < 1.29 is 4.79 Å². The minimum Gasteiger partial charge on any atom is -0.366 e. The standard InChI is InChI=1S/C13H13NO/c15-13-6-5-12(7-13)14-8-10-3-1-2-4-11(10)9-14/h1-4,7H,5-6,8-9H2. The Labute approximate surface area is 89.2 Å². The van der Waals surface area contributed by atoms with Gasteiger partial charge >= 0.3 is 0 Å². The van der Waals surface area contributed by atoms with Crippen molar-refractivity contribution >= 4 is 5.78 Å². The minimum atomic E-state index is 0.279. The first-order valence-corrected chi connectivity index (χ1v) is 5.38. The smallest absolute Gasteiger partial charge is 0.157 e. The van der Waals surface area contributed by atoms with Gasteiger partial charge in [0.15, 0.2) is 5.78 Å². The maximum absolute atomic E-state index is 11.2. The number of hydrogen-bond donors (Lipinski definition) is 0. The van der Waals surface area contributed by atoms with Gasteiger partial charge < -0.3 is 4.90 Å². The van der Waals surface area contributed by atoms with E-state index < -0.39 is 0 Å². The van der Waals surface area contributed by atoms with Gasteiger partial charge in [-0.25, -0.2) is 0 Å². The Morgan fingerprint density at radius 2 is 1.67 bits per heavy atom. The van der Waals surface area contributed by atoms with Crippen LogP contribution in [0.2, 0.25) is 0 Å². The van der Waals surface area contributed by atoms with E-state index in [1.165, 1.54) is 16.8 Å². The second kappa shape index (κ2) is 3.23. The van der Waals surface area contributed by atoms with Crippen molar-refractivity contribution in [2.75, 3.05) is 0 Å². The lowest BCUT2D eigenvalue weighted by Gasteiger charge is -2.18. The lowest BCUT2D eigenvalue weighted by atomic mass is 10.1. The molecule has 15 heavy (non-hydrogen) atoms. The summed E-state index contributed by atoms with van der Waals surface area (Å²) in [5.74, 6) is 0.279. The third kappa shape index (κ3) is 1.46. The van der Waals surface area contributed by atoms with Crippen LogP contribution in [0.5, 0.6) is 0 Å². The van der Waals surface area contributed by atoms with E-state index in [0.29, 0.717) is 6.42 Å². The first-order valence-electron chi connectivity index (χ1n) is 5.38. The quantitative estimate of drug-likeness (QED) is 0.691. The molecule has 3 rings (SSSR count). The fraction of sp³-hybridized carbons (Fsp3) is 0.308. The van der Waals surface area contributed by atoms with Gasteiger partial charge in [0.2, 0.25) is 0 Å². The van der Waals surface area contributed by atoms with Crippen LogP contribution >= 0.6 is 0 Å². The fourth-order valence-electron chi connectivity index (χ4n) is 2.37. The summed E-state index contributed by atoms with van der Waals surface area (Å²) in [4.78, 5) is 13.5.